The molecule has 6 heteroatoms. The molecule has 1 aromatic carbocycles. The number of benzene rings is 1. The van der Waals surface area contributed by atoms with Crippen LogP contribution in [0.2, 0.25) is 0 Å². The Labute approximate surface area is 115 Å². The van der Waals surface area contributed by atoms with E-state index in [1.807, 2.05) is 0 Å². The van der Waals surface area contributed by atoms with Crippen LogP contribution in [0.1, 0.15) is 29.3 Å². The van der Waals surface area contributed by atoms with Crippen molar-refractivity contribution in [1.82, 2.24) is 5.32 Å². The molecule has 0 aliphatic rings. The molecule has 0 atom stereocenters. The average Bonchev–Trinajstić information content (AvgIpc) is 2.36. The van der Waals surface area contributed by atoms with Crippen LogP contribution < -0.4 is 5.32 Å². The minimum atomic E-state index is -1.08. The molecule has 0 unspecified atom stereocenters. The van der Waals surface area contributed by atoms with E-state index >= 15 is 0 Å². The maximum absolute atomic E-state index is 13.6. The summed E-state index contributed by atoms with van der Waals surface area (Å²) in [6.07, 6.45) is 0.349. The lowest BCUT2D eigenvalue weighted by Gasteiger charge is -2.03. The van der Waals surface area contributed by atoms with Crippen LogP contribution in [0.25, 0.3) is 0 Å². The fourth-order valence-electron chi connectivity index (χ4n) is 1.41. The highest BCUT2D eigenvalue weighted by Gasteiger charge is 2.18. The standard InChI is InChI=1S/C14H13F2NO3/c1-9(18)17-6-4-3-5-10-7-11(15)13(12(16)8-10)14(19)20-2/h7-8H,4,6H2,1-2H3,(H,17,18). The van der Waals surface area contributed by atoms with Gasteiger partial charge in [0.15, 0.2) is 0 Å². The number of halogens is 2. The quantitative estimate of drug-likeness (QED) is 0.520. The van der Waals surface area contributed by atoms with Crippen molar-refractivity contribution in [3.05, 3.63) is 34.9 Å². The largest absolute Gasteiger partial charge is 0.465 e. The van der Waals surface area contributed by atoms with Crippen LogP contribution in [0.4, 0.5) is 8.78 Å². The third-order valence-corrected chi connectivity index (χ3v) is 2.29. The van der Waals surface area contributed by atoms with Crippen LogP contribution in [-0.4, -0.2) is 25.5 Å². The Kier molecular flexibility index (Phi) is 5.66. The molecule has 0 aliphatic heterocycles. The van der Waals surface area contributed by atoms with Crippen molar-refractivity contribution in [2.24, 2.45) is 0 Å². The molecular weight excluding hydrogens is 268 g/mol. The minimum Gasteiger partial charge on any atom is -0.465 e. The van der Waals surface area contributed by atoms with Crippen LogP contribution in [0, 0.1) is 23.5 Å². The number of amides is 1. The SMILES string of the molecule is COC(=O)c1c(F)cc(C#CCCNC(C)=O)cc1F. The molecule has 0 fully saturated rings. The molecule has 1 amide bonds. The fourth-order valence-corrected chi connectivity index (χ4v) is 1.41. The number of nitrogens with one attached hydrogen (secondary N) is 1. The molecule has 1 N–H and O–H groups in total. The molecule has 0 radical (unpaired) electrons. The van der Waals surface area contributed by atoms with E-state index in [1.165, 1.54) is 6.92 Å². The van der Waals surface area contributed by atoms with Crippen LogP contribution in [0.5, 0.6) is 0 Å². The van der Waals surface area contributed by atoms with E-state index in [9.17, 15) is 18.4 Å². The van der Waals surface area contributed by atoms with Gasteiger partial charge in [0.25, 0.3) is 0 Å². The number of carbonyl (C=O) groups is 2. The fraction of sp³-hybridized carbons (Fsp3) is 0.286. The van der Waals surface area contributed by atoms with E-state index in [0.29, 0.717) is 13.0 Å². The summed E-state index contributed by atoms with van der Waals surface area (Å²) in [5.41, 5.74) is -0.633. The first-order valence-corrected chi connectivity index (χ1v) is 5.76. The molecule has 0 bridgehead atoms. The third kappa shape index (κ3) is 4.35. The zero-order valence-electron chi connectivity index (χ0n) is 11.0. The second kappa shape index (κ2) is 7.24. The third-order valence-electron chi connectivity index (χ3n) is 2.29. The summed E-state index contributed by atoms with van der Waals surface area (Å²) in [5.74, 6) is 1.91. The predicted molar refractivity (Wildman–Crippen MR) is 67.9 cm³/mol. The van der Waals surface area contributed by atoms with Crippen LogP contribution in [0.15, 0.2) is 12.1 Å². The van der Waals surface area contributed by atoms with Crippen molar-refractivity contribution in [1.29, 1.82) is 0 Å². The Morgan fingerprint density at radius 2 is 1.90 bits per heavy atom. The number of hydrogen-bond donors (Lipinski definition) is 1. The minimum absolute atomic E-state index is 0.107. The lowest BCUT2D eigenvalue weighted by Crippen LogP contribution is -2.20. The maximum atomic E-state index is 13.6. The van der Waals surface area contributed by atoms with Crippen molar-refractivity contribution in [3.8, 4) is 11.8 Å². The van der Waals surface area contributed by atoms with Gasteiger partial charge in [-0.25, -0.2) is 13.6 Å². The summed E-state index contributed by atoms with van der Waals surface area (Å²) in [5, 5.41) is 2.54. The van der Waals surface area contributed by atoms with E-state index < -0.39 is 23.2 Å². The highest BCUT2D eigenvalue weighted by atomic mass is 19.1. The predicted octanol–water partition coefficient (Wildman–Crippen LogP) is 1.63. The number of rotatable bonds is 3. The number of carbonyl (C=O) groups excluding carboxylic acids is 2. The smallest absolute Gasteiger partial charge is 0.343 e. The van der Waals surface area contributed by atoms with Gasteiger partial charge in [-0.3, -0.25) is 4.79 Å². The number of esters is 1. The van der Waals surface area contributed by atoms with E-state index in [-0.39, 0.29) is 11.5 Å². The molecule has 20 heavy (non-hydrogen) atoms. The van der Waals surface area contributed by atoms with E-state index in [0.717, 1.165) is 19.2 Å². The Balaban J connectivity index is 2.82. The molecule has 0 spiro atoms. The van der Waals surface area contributed by atoms with Gasteiger partial charge >= 0.3 is 5.97 Å². The zero-order chi connectivity index (χ0) is 15.1. The molecule has 0 aromatic heterocycles. The molecule has 106 valence electrons. The molecule has 0 heterocycles. The van der Waals surface area contributed by atoms with Crippen LogP contribution >= 0.6 is 0 Å². The second-order valence-electron chi connectivity index (χ2n) is 3.84. The van der Waals surface area contributed by atoms with Crippen molar-refractivity contribution >= 4 is 11.9 Å². The van der Waals surface area contributed by atoms with Crippen LogP contribution in [0.3, 0.4) is 0 Å². The van der Waals surface area contributed by atoms with Gasteiger partial charge in [0.2, 0.25) is 5.91 Å². The summed E-state index contributed by atoms with van der Waals surface area (Å²) >= 11 is 0. The molecule has 1 rings (SSSR count). The van der Waals surface area contributed by atoms with Gasteiger partial charge < -0.3 is 10.1 Å². The van der Waals surface area contributed by atoms with Crippen molar-refractivity contribution in [3.63, 3.8) is 0 Å². The first kappa shape index (κ1) is 15.6. The van der Waals surface area contributed by atoms with Gasteiger partial charge in [-0.1, -0.05) is 11.8 Å². The van der Waals surface area contributed by atoms with Gasteiger partial charge in [0, 0.05) is 25.5 Å². The maximum Gasteiger partial charge on any atom is 0.343 e. The molecular formula is C14H13F2NO3. The molecule has 0 aliphatic carbocycles. The lowest BCUT2D eigenvalue weighted by atomic mass is 10.1. The van der Waals surface area contributed by atoms with Gasteiger partial charge in [0.1, 0.15) is 17.2 Å². The summed E-state index contributed by atoms with van der Waals surface area (Å²) in [7, 11) is 1.04. The zero-order valence-corrected chi connectivity index (χ0v) is 11.0. The van der Waals surface area contributed by atoms with Crippen molar-refractivity contribution in [2.75, 3.05) is 13.7 Å². The summed E-state index contributed by atoms with van der Waals surface area (Å²) in [4.78, 5) is 21.7. The second-order valence-corrected chi connectivity index (χ2v) is 3.84. The number of hydrogen-bond acceptors (Lipinski definition) is 3. The Morgan fingerprint density at radius 3 is 2.40 bits per heavy atom. The topological polar surface area (TPSA) is 55.4 Å². The lowest BCUT2D eigenvalue weighted by molar-refractivity contribution is -0.118. The molecule has 4 nitrogen and oxygen atoms in total. The Bertz CT molecular complexity index is 565. The summed E-state index contributed by atoms with van der Waals surface area (Å²) in [6, 6.07) is 1.92. The average molecular weight is 281 g/mol. The van der Waals surface area contributed by atoms with Crippen molar-refractivity contribution in [2.45, 2.75) is 13.3 Å². The van der Waals surface area contributed by atoms with Gasteiger partial charge in [0.05, 0.1) is 7.11 Å². The van der Waals surface area contributed by atoms with E-state index in [1.54, 1.807) is 0 Å². The van der Waals surface area contributed by atoms with Gasteiger partial charge in [-0.15, -0.1) is 0 Å². The van der Waals surface area contributed by atoms with E-state index in [2.05, 4.69) is 21.9 Å². The Hall–Kier alpha value is -2.42. The Morgan fingerprint density at radius 1 is 1.30 bits per heavy atom. The number of ether oxygens (including phenoxy) is 1. The molecule has 1 aromatic rings. The highest BCUT2D eigenvalue weighted by molar-refractivity contribution is 5.90. The first-order valence-electron chi connectivity index (χ1n) is 5.76. The normalized spacial score (nSPS) is 9.40. The summed E-state index contributed by atoms with van der Waals surface area (Å²) < 4.78 is 31.4. The van der Waals surface area contributed by atoms with Gasteiger partial charge in [-0.2, -0.15) is 0 Å². The molecule has 0 saturated carbocycles. The number of methoxy groups -OCH3 is 1. The molecule has 0 saturated heterocycles. The first-order chi connectivity index (χ1) is 9.45. The van der Waals surface area contributed by atoms with Crippen LogP contribution in [-0.2, 0) is 9.53 Å². The van der Waals surface area contributed by atoms with E-state index in [4.69, 9.17) is 0 Å². The highest BCUT2D eigenvalue weighted by Crippen LogP contribution is 2.16. The monoisotopic (exact) mass is 281 g/mol. The summed E-state index contributed by atoms with van der Waals surface area (Å²) in [6.45, 7) is 1.73. The van der Waals surface area contributed by atoms with Gasteiger partial charge in [-0.05, 0) is 12.1 Å². The van der Waals surface area contributed by atoms with Crippen molar-refractivity contribution < 1.29 is 23.1 Å².